The number of halogens is 1. The Kier molecular flexibility index (Phi) is 5.95. The zero-order valence-corrected chi connectivity index (χ0v) is 11.4. The third-order valence-corrected chi connectivity index (χ3v) is 3.20. The molecule has 0 saturated carbocycles. The van der Waals surface area contributed by atoms with Crippen molar-refractivity contribution in [2.45, 2.75) is 19.9 Å². The number of amides is 1. The summed E-state index contributed by atoms with van der Waals surface area (Å²) in [5, 5.41) is 11.6. The Morgan fingerprint density at radius 2 is 2.28 bits per heavy atom. The van der Waals surface area contributed by atoms with Crippen LogP contribution in [0.5, 0.6) is 0 Å². The number of hydrogen-bond acceptors (Lipinski definition) is 2. The molecule has 1 amide bonds. The Morgan fingerprint density at radius 3 is 2.83 bits per heavy atom. The summed E-state index contributed by atoms with van der Waals surface area (Å²) >= 11 is 5.97. The minimum absolute atomic E-state index is 0.212. The van der Waals surface area contributed by atoms with Crippen molar-refractivity contribution in [1.82, 2.24) is 10.2 Å². The summed E-state index contributed by atoms with van der Waals surface area (Å²) in [6.45, 7) is 6.11. The molecule has 18 heavy (non-hydrogen) atoms. The Morgan fingerprint density at radius 1 is 1.56 bits per heavy atom. The number of likely N-dealkylation sites (N-methyl/N-ethyl adjacent to an activating group) is 1. The van der Waals surface area contributed by atoms with Gasteiger partial charge < -0.3 is 10.4 Å². The molecule has 2 N–H and O–H groups in total. The first kappa shape index (κ1) is 14.8. The van der Waals surface area contributed by atoms with E-state index in [9.17, 15) is 4.79 Å². The molecule has 1 unspecified atom stereocenters. The summed E-state index contributed by atoms with van der Waals surface area (Å²) in [5.41, 5.74) is 1.14. The normalized spacial score (nSPS) is 12.4. The molecule has 0 saturated heterocycles. The molecular formula is C13H19ClN2O2. The van der Waals surface area contributed by atoms with Crippen LogP contribution >= 0.6 is 11.6 Å². The maximum absolute atomic E-state index is 10.4. The number of nitrogens with zero attached hydrogens (tertiary/aromatic N) is 1. The van der Waals surface area contributed by atoms with Gasteiger partial charge in [-0.05, 0) is 31.2 Å². The third kappa shape index (κ3) is 4.55. The lowest BCUT2D eigenvalue weighted by Gasteiger charge is -2.28. The molecule has 0 aliphatic carbocycles. The van der Waals surface area contributed by atoms with Gasteiger partial charge in [0, 0.05) is 24.2 Å². The number of carbonyl (C=O) groups is 1. The van der Waals surface area contributed by atoms with E-state index in [2.05, 4.69) is 24.1 Å². The Bertz CT molecular complexity index is 398. The maximum atomic E-state index is 10.4. The van der Waals surface area contributed by atoms with Crippen molar-refractivity contribution >= 4 is 17.7 Å². The molecule has 0 radical (unpaired) electrons. The van der Waals surface area contributed by atoms with Crippen molar-refractivity contribution in [3.63, 3.8) is 0 Å². The molecule has 0 bridgehead atoms. The van der Waals surface area contributed by atoms with Gasteiger partial charge in [-0.3, -0.25) is 4.90 Å². The number of nitrogens with one attached hydrogen (secondary N) is 1. The predicted octanol–water partition coefficient (Wildman–Crippen LogP) is 2.99. The number of benzene rings is 1. The van der Waals surface area contributed by atoms with Gasteiger partial charge in [-0.2, -0.15) is 0 Å². The second kappa shape index (κ2) is 7.24. The second-order valence-corrected chi connectivity index (χ2v) is 4.53. The maximum Gasteiger partial charge on any atom is 0.404 e. The number of carboxylic acid groups (broad SMARTS) is 1. The smallest absolute Gasteiger partial charge is 0.404 e. The van der Waals surface area contributed by atoms with Crippen molar-refractivity contribution < 1.29 is 9.90 Å². The van der Waals surface area contributed by atoms with Crippen molar-refractivity contribution in [3.8, 4) is 0 Å². The molecule has 1 aromatic carbocycles. The monoisotopic (exact) mass is 270 g/mol. The zero-order chi connectivity index (χ0) is 13.5. The van der Waals surface area contributed by atoms with Crippen LogP contribution in [0.3, 0.4) is 0 Å². The summed E-state index contributed by atoms with van der Waals surface area (Å²) in [4.78, 5) is 12.6. The van der Waals surface area contributed by atoms with E-state index in [1.54, 1.807) is 0 Å². The van der Waals surface area contributed by atoms with E-state index in [1.807, 2.05) is 24.3 Å². The van der Waals surface area contributed by atoms with Gasteiger partial charge in [-0.25, -0.2) is 4.79 Å². The predicted molar refractivity (Wildman–Crippen MR) is 73.1 cm³/mol. The third-order valence-electron chi connectivity index (χ3n) is 2.96. The van der Waals surface area contributed by atoms with Crippen LogP contribution in [0.2, 0.25) is 5.02 Å². The van der Waals surface area contributed by atoms with Crippen molar-refractivity contribution in [3.05, 3.63) is 34.9 Å². The molecule has 0 aliphatic heterocycles. The lowest BCUT2D eigenvalue weighted by molar-refractivity contribution is 0.186. The summed E-state index contributed by atoms with van der Waals surface area (Å²) in [5.74, 6) is 0. The van der Waals surface area contributed by atoms with Crippen LogP contribution in [0, 0.1) is 0 Å². The van der Waals surface area contributed by atoms with E-state index in [4.69, 9.17) is 16.7 Å². The SMILES string of the molecule is CCN(CCNC(=O)O)C(C)c1cccc(Cl)c1. The molecule has 100 valence electrons. The molecule has 0 heterocycles. The van der Waals surface area contributed by atoms with Gasteiger partial charge in [0.25, 0.3) is 0 Å². The lowest BCUT2D eigenvalue weighted by atomic mass is 10.1. The van der Waals surface area contributed by atoms with Crippen LogP contribution in [0.25, 0.3) is 0 Å². The molecule has 0 aliphatic rings. The van der Waals surface area contributed by atoms with Crippen LogP contribution in [-0.2, 0) is 0 Å². The average molecular weight is 271 g/mol. The van der Waals surface area contributed by atoms with Crippen molar-refractivity contribution in [2.24, 2.45) is 0 Å². The quantitative estimate of drug-likeness (QED) is 0.836. The summed E-state index contributed by atoms with van der Waals surface area (Å²) in [6.07, 6.45) is -0.985. The highest BCUT2D eigenvalue weighted by atomic mass is 35.5. The van der Waals surface area contributed by atoms with Crippen LogP contribution in [0.4, 0.5) is 4.79 Å². The Hall–Kier alpha value is -1.26. The van der Waals surface area contributed by atoms with Gasteiger partial charge >= 0.3 is 6.09 Å². The van der Waals surface area contributed by atoms with Gasteiger partial charge in [0.05, 0.1) is 0 Å². The second-order valence-electron chi connectivity index (χ2n) is 4.09. The van der Waals surface area contributed by atoms with E-state index in [-0.39, 0.29) is 6.04 Å². The largest absolute Gasteiger partial charge is 0.465 e. The summed E-state index contributed by atoms with van der Waals surface area (Å²) in [7, 11) is 0. The van der Waals surface area contributed by atoms with E-state index >= 15 is 0 Å². The van der Waals surface area contributed by atoms with E-state index in [1.165, 1.54) is 0 Å². The molecule has 0 aromatic heterocycles. The van der Waals surface area contributed by atoms with Gasteiger partial charge in [-0.15, -0.1) is 0 Å². The highest BCUT2D eigenvalue weighted by molar-refractivity contribution is 6.30. The molecule has 4 nitrogen and oxygen atoms in total. The molecule has 1 aromatic rings. The first-order valence-corrected chi connectivity index (χ1v) is 6.38. The fourth-order valence-corrected chi connectivity index (χ4v) is 2.11. The van der Waals surface area contributed by atoms with E-state index in [0.29, 0.717) is 13.1 Å². The Labute approximate surface area is 113 Å². The fraction of sp³-hybridized carbons (Fsp3) is 0.462. The molecule has 0 fully saturated rings. The average Bonchev–Trinajstić information content (AvgIpc) is 2.33. The Balaban J connectivity index is 2.61. The highest BCUT2D eigenvalue weighted by Gasteiger charge is 2.14. The molecule has 1 rings (SSSR count). The summed E-state index contributed by atoms with van der Waals surface area (Å²) < 4.78 is 0. The minimum Gasteiger partial charge on any atom is -0.465 e. The fourth-order valence-electron chi connectivity index (χ4n) is 1.91. The highest BCUT2D eigenvalue weighted by Crippen LogP contribution is 2.22. The number of rotatable bonds is 6. The number of hydrogen-bond donors (Lipinski definition) is 2. The van der Waals surface area contributed by atoms with Gasteiger partial charge in [0.2, 0.25) is 0 Å². The first-order chi connectivity index (χ1) is 8.54. The lowest BCUT2D eigenvalue weighted by Crippen LogP contribution is -2.35. The van der Waals surface area contributed by atoms with Crippen LogP contribution < -0.4 is 5.32 Å². The minimum atomic E-state index is -0.985. The topological polar surface area (TPSA) is 52.6 Å². The van der Waals surface area contributed by atoms with E-state index < -0.39 is 6.09 Å². The zero-order valence-electron chi connectivity index (χ0n) is 10.7. The molecule has 0 spiro atoms. The van der Waals surface area contributed by atoms with E-state index in [0.717, 1.165) is 17.1 Å². The molecule has 1 atom stereocenters. The molecule has 5 heteroatoms. The standard InChI is InChI=1S/C13H19ClN2O2/c1-3-16(8-7-15-13(17)18)10(2)11-5-4-6-12(14)9-11/h4-6,9-10,15H,3,7-8H2,1-2H3,(H,17,18). The summed E-state index contributed by atoms with van der Waals surface area (Å²) in [6, 6.07) is 7.96. The van der Waals surface area contributed by atoms with Gasteiger partial charge in [0.15, 0.2) is 0 Å². The van der Waals surface area contributed by atoms with Crippen molar-refractivity contribution in [2.75, 3.05) is 19.6 Å². The van der Waals surface area contributed by atoms with Crippen molar-refractivity contribution in [1.29, 1.82) is 0 Å². The van der Waals surface area contributed by atoms with Gasteiger partial charge in [-0.1, -0.05) is 30.7 Å². The van der Waals surface area contributed by atoms with Crippen LogP contribution in [0.15, 0.2) is 24.3 Å². The van der Waals surface area contributed by atoms with Crippen LogP contribution in [0.1, 0.15) is 25.5 Å². The van der Waals surface area contributed by atoms with Crippen LogP contribution in [-0.4, -0.2) is 35.7 Å². The molecular weight excluding hydrogens is 252 g/mol. The van der Waals surface area contributed by atoms with Gasteiger partial charge in [0.1, 0.15) is 0 Å². The first-order valence-electron chi connectivity index (χ1n) is 6.01.